The summed E-state index contributed by atoms with van der Waals surface area (Å²) in [5.41, 5.74) is 4.95. The summed E-state index contributed by atoms with van der Waals surface area (Å²) in [4.78, 5) is 11.6. The van der Waals surface area contributed by atoms with Crippen LogP contribution in [0.1, 0.15) is 4.88 Å². The van der Waals surface area contributed by atoms with Crippen LogP contribution >= 0.6 is 11.3 Å². The van der Waals surface area contributed by atoms with E-state index in [1.54, 1.807) is 11.3 Å². The number of thiophene rings is 1. The zero-order valence-electron chi connectivity index (χ0n) is 6.75. The highest BCUT2D eigenvalue weighted by atomic mass is 32.1. The lowest BCUT2D eigenvalue weighted by Crippen LogP contribution is -2.29. The third kappa shape index (κ3) is 3.50. The van der Waals surface area contributed by atoms with E-state index in [0.29, 0.717) is 0 Å². The summed E-state index contributed by atoms with van der Waals surface area (Å²) in [6.45, 7) is 1.08. The Labute approximate surface area is 75.6 Å². The van der Waals surface area contributed by atoms with Gasteiger partial charge in [-0.2, -0.15) is 0 Å². The number of nitrogens with one attached hydrogen (secondary N) is 1. The van der Waals surface area contributed by atoms with Crippen LogP contribution in [-0.4, -0.2) is 19.0 Å². The van der Waals surface area contributed by atoms with Crippen molar-refractivity contribution in [2.75, 3.05) is 13.1 Å². The Balaban J connectivity index is 2.07. The molecule has 0 aliphatic carbocycles. The summed E-state index contributed by atoms with van der Waals surface area (Å²) >= 11 is 1.73. The van der Waals surface area contributed by atoms with E-state index < -0.39 is 0 Å². The van der Waals surface area contributed by atoms with Gasteiger partial charge in [0.25, 0.3) is 0 Å². The number of nitrogens with two attached hydrogens (primary N) is 1. The minimum atomic E-state index is -0.304. The second-order valence-electron chi connectivity index (χ2n) is 2.47. The standard InChI is InChI=1S/C8H12N2OS/c9-8(11)6-10-4-3-7-2-1-5-12-7/h1-2,5,10H,3-4,6H2,(H2,9,11). The number of primary amides is 1. The molecule has 0 bridgehead atoms. The van der Waals surface area contributed by atoms with Crippen LogP contribution in [0.4, 0.5) is 0 Å². The van der Waals surface area contributed by atoms with Crippen molar-refractivity contribution in [1.82, 2.24) is 5.32 Å². The van der Waals surface area contributed by atoms with Gasteiger partial charge in [-0.15, -0.1) is 11.3 Å². The van der Waals surface area contributed by atoms with Gasteiger partial charge in [-0.3, -0.25) is 4.79 Å². The van der Waals surface area contributed by atoms with Gasteiger partial charge in [0.15, 0.2) is 0 Å². The number of amides is 1. The molecule has 3 N–H and O–H groups in total. The third-order valence-corrected chi connectivity index (χ3v) is 2.36. The van der Waals surface area contributed by atoms with Crippen LogP contribution in [0.15, 0.2) is 17.5 Å². The van der Waals surface area contributed by atoms with Crippen molar-refractivity contribution in [3.05, 3.63) is 22.4 Å². The molecule has 0 aliphatic heterocycles. The molecule has 4 heteroatoms. The molecule has 1 aromatic heterocycles. The van der Waals surface area contributed by atoms with Gasteiger partial charge in [0.1, 0.15) is 0 Å². The monoisotopic (exact) mass is 184 g/mol. The fourth-order valence-electron chi connectivity index (χ4n) is 0.878. The Morgan fingerprint density at radius 1 is 1.67 bits per heavy atom. The summed E-state index contributed by atoms with van der Waals surface area (Å²) in [6, 6.07) is 4.10. The number of carbonyl (C=O) groups excluding carboxylic acids is 1. The van der Waals surface area contributed by atoms with Gasteiger partial charge in [-0.25, -0.2) is 0 Å². The first-order valence-electron chi connectivity index (χ1n) is 3.80. The van der Waals surface area contributed by atoms with Crippen LogP contribution in [0.3, 0.4) is 0 Å². The van der Waals surface area contributed by atoms with Gasteiger partial charge in [-0.1, -0.05) is 6.07 Å². The average Bonchev–Trinajstić information content (AvgIpc) is 2.49. The van der Waals surface area contributed by atoms with E-state index in [1.807, 2.05) is 11.4 Å². The molecule has 0 fully saturated rings. The summed E-state index contributed by atoms with van der Waals surface area (Å²) in [5, 5.41) is 5.00. The highest BCUT2D eigenvalue weighted by Gasteiger charge is 1.94. The second kappa shape index (κ2) is 4.90. The molecule has 0 saturated heterocycles. The molecule has 1 heterocycles. The van der Waals surface area contributed by atoms with Crippen LogP contribution < -0.4 is 11.1 Å². The molecule has 0 unspecified atom stereocenters. The number of rotatable bonds is 5. The fourth-order valence-corrected chi connectivity index (χ4v) is 1.59. The Morgan fingerprint density at radius 3 is 3.08 bits per heavy atom. The Morgan fingerprint density at radius 2 is 2.50 bits per heavy atom. The molecule has 1 amide bonds. The van der Waals surface area contributed by atoms with Crippen molar-refractivity contribution in [3.8, 4) is 0 Å². The zero-order valence-corrected chi connectivity index (χ0v) is 7.56. The second-order valence-corrected chi connectivity index (χ2v) is 3.50. The van der Waals surface area contributed by atoms with Gasteiger partial charge >= 0.3 is 0 Å². The molecule has 0 atom stereocenters. The maximum Gasteiger partial charge on any atom is 0.231 e. The van der Waals surface area contributed by atoms with Gasteiger partial charge in [-0.05, 0) is 17.9 Å². The minimum absolute atomic E-state index is 0.269. The van der Waals surface area contributed by atoms with Gasteiger partial charge in [0.05, 0.1) is 6.54 Å². The van der Waals surface area contributed by atoms with E-state index in [4.69, 9.17) is 5.73 Å². The predicted octanol–water partition coefficient (Wildman–Crippen LogP) is 0.366. The Bertz CT molecular complexity index is 233. The molecule has 0 aromatic carbocycles. The van der Waals surface area contributed by atoms with E-state index in [2.05, 4.69) is 11.4 Å². The summed E-state index contributed by atoms with van der Waals surface area (Å²) < 4.78 is 0. The van der Waals surface area contributed by atoms with Gasteiger partial charge < -0.3 is 11.1 Å². The topological polar surface area (TPSA) is 55.1 Å². The highest BCUT2D eigenvalue weighted by Crippen LogP contribution is 2.07. The molecule has 12 heavy (non-hydrogen) atoms. The van der Waals surface area contributed by atoms with Crippen molar-refractivity contribution in [2.45, 2.75) is 6.42 Å². The smallest absolute Gasteiger partial charge is 0.231 e. The SMILES string of the molecule is NC(=O)CNCCc1cccs1. The van der Waals surface area contributed by atoms with Gasteiger partial charge in [0.2, 0.25) is 5.91 Å². The van der Waals surface area contributed by atoms with E-state index >= 15 is 0 Å². The van der Waals surface area contributed by atoms with Crippen molar-refractivity contribution in [2.24, 2.45) is 5.73 Å². The summed E-state index contributed by atoms with van der Waals surface area (Å²) in [5.74, 6) is -0.304. The summed E-state index contributed by atoms with van der Waals surface area (Å²) in [7, 11) is 0. The van der Waals surface area contributed by atoms with E-state index in [-0.39, 0.29) is 12.5 Å². The first-order chi connectivity index (χ1) is 5.79. The highest BCUT2D eigenvalue weighted by molar-refractivity contribution is 7.09. The third-order valence-electron chi connectivity index (χ3n) is 1.43. The van der Waals surface area contributed by atoms with E-state index in [9.17, 15) is 4.79 Å². The molecule has 1 aromatic rings. The lowest BCUT2D eigenvalue weighted by Gasteiger charge is -1.98. The fraction of sp³-hybridized carbons (Fsp3) is 0.375. The molecule has 0 aliphatic rings. The minimum Gasteiger partial charge on any atom is -0.369 e. The maximum absolute atomic E-state index is 10.3. The molecular formula is C8H12N2OS. The van der Waals surface area contributed by atoms with Crippen LogP contribution in [0.25, 0.3) is 0 Å². The molecule has 1 rings (SSSR count). The van der Waals surface area contributed by atoms with Crippen LogP contribution in [-0.2, 0) is 11.2 Å². The maximum atomic E-state index is 10.3. The van der Waals surface area contributed by atoms with Crippen LogP contribution in [0, 0.1) is 0 Å². The lowest BCUT2D eigenvalue weighted by molar-refractivity contribution is -0.117. The molecule has 0 radical (unpaired) electrons. The molecular weight excluding hydrogens is 172 g/mol. The predicted molar refractivity (Wildman–Crippen MR) is 50.1 cm³/mol. The lowest BCUT2D eigenvalue weighted by atomic mass is 10.3. The quantitative estimate of drug-likeness (QED) is 0.649. The molecule has 0 spiro atoms. The van der Waals surface area contributed by atoms with Crippen LogP contribution in [0.5, 0.6) is 0 Å². The Hall–Kier alpha value is -0.870. The van der Waals surface area contributed by atoms with Gasteiger partial charge in [0, 0.05) is 11.4 Å². The molecule has 66 valence electrons. The number of hydrogen-bond donors (Lipinski definition) is 2. The van der Waals surface area contributed by atoms with E-state index in [1.165, 1.54) is 4.88 Å². The summed E-state index contributed by atoms with van der Waals surface area (Å²) in [6.07, 6.45) is 0.963. The number of hydrogen-bond acceptors (Lipinski definition) is 3. The van der Waals surface area contributed by atoms with E-state index in [0.717, 1.165) is 13.0 Å². The molecule has 3 nitrogen and oxygen atoms in total. The van der Waals surface area contributed by atoms with Crippen LogP contribution in [0.2, 0.25) is 0 Å². The first kappa shape index (κ1) is 9.22. The largest absolute Gasteiger partial charge is 0.369 e. The Kier molecular flexibility index (Phi) is 3.76. The number of carbonyl (C=O) groups is 1. The first-order valence-corrected chi connectivity index (χ1v) is 4.68. The average molecular weight is 184 g/mol. The van der Waals surface area contributed by atoms with Crippen molar-refractivity contribution < 1.29 is 4.79 Å². The van der Waals surface area contributed by atoms with Crippen molar-refractivity contribution in [1.29, 1.82) is 0 Å². The normalized spacial score (nSPS) is 10.0. The van der Waals surface area contributed by atoms with Crippen molar-refractivity contribution >= 4 is 17.2 Å². The van der Waals surface area contributed by atoms with Crippen molar-refractivity contribution in [3.63, 3.8) is 0 Å². The zero-order chi connectivity index (χ0) is 8.81. The molecule has 0 saturated carbocycles.